The molecule has 0 saturated carbocycles. The van der Waals surface area contributed by atoms with Crippen LogP contribution in [0.1, 0.15) is 0 Å². The fraction of sp³-hybridized carbons (Fsp3) is 0. The molecule has 0 N–H and O–H groups in total. The predicted molar refractivity (Wildman–Crippen MR) is 242 cm³/mol. The Labute approximate surface area is 346 Å². The summed E-state index contributed by atoms with van der Waals surface area (Å²) in [6.07, 6.45) is 0. The average molecular weight is 770 g/mol. The molecule has 7 nitrogen and oxygen atoms in total. The first kappa shape index (κ1) is 34.9. The Kier molecular flexibility index (Phi) is 8.67. The number of aromatic nitrogens is 7. The highest BCUT2D eigenvalue weighted by atomic mass is 15.1. The Hall–Kier alpha value is -8.29. The lowest BCUT2D eigenvalue weighted by atomic mass is 9.99. The summed E-state index contributed by atoms with van der Waals surface area (Å²) in [7, 11) is 0. The molecule has 0 spiro atoms. The van der Waals surface area contributed by atoms with Crippen molar-refractivity contribution in [3.63, 3.8) is 0 Å². The van der Waals surface area contributed by atoms with Crippen LogP contribution in [0.4, 0.5) is 0 Å². The number of hydrogen-bond donors (Lipinski definition) is 0. The largest absolute Gasteiger partial charge is 0.292 e. The molecule has 0 aliphatic carbocycles. The van der Waals surface area contributed by atoms with Crippen molar-refractivity contribution in [2.45, 2.75) is 0 Å². The zero-order chi connectivity index (χ0) is 39.8. The fourth-order valence-electron chi connectivity index (χ4n) is 8.12. The van der Waals surface area contributed by atoms with Gasteiger partial charge < -0.3 is 0 Å². The highest BCUT2D eigenvalue weighted by Crippen LogP contribution is 2.39. The molecule has 0 amide bonds. The zero-order valence-corrected chi connectivity index (χ0v) is 32.3. The van der Waals surface area contributed by atoms with E-state index in [-0.39, 0.29) is 0 Å². The first-order chi connectivity index (χ1) is 29.8. The van der Waals surface area contributed by atoms with E-state index in [0.717, 1.165) is 84.0 Å². The lowest BCUT2D eigenvalue weighted by Gasteiger charge is -2.16. The van der Waals surface area contributed by atoms with Crippen LogP contribution in [0.25, 0.3) is 102 Å². The minimum Gasteiger partial charge on any atom is -0.292 e. The van der Waals surface area contributed by atoms with Crippen molar-refractivity contribution in [2.75, 3.05) is 0 Å². The summed E-state index contributed by atoms with van der Waals surface area (Å²) >= 11 is 0. The smallest absolute Gasteiger partial charge is 0.164 e. The van der Waals surface area contributed by atoms with Crippen LogP contribution in [0.5, 0.6) is 0 Å². The normalized spacial score (nSPS) is 11.3. The van der Waals surface area contributed by atoms with Gasteiger partial charge in [-0.2, -0.15) is 0 Å². The summed E-state index contributed by atoms with van der Waals surface area (Å²) in [6.45, 7) is 0. The summed E-state index contributed by atoms with van der Waals surface area (Å²) in [6, 6.07) is 72.4. The lowest BCUT2D eigenvalue weighted by molar-refractivity contribution is 1.06. The fourth-order valence-corrected chi connectivity index (χ4v) is 8.12. The van der Waals surface area contributed by atoms with Crippen LogP contribution in [0.3, 0.4) is 0 Å². The van der Waals surface area contributed by atoms with Gasteiger partial charge in [-0.15, -0.1) is 0 Å². The molecular weight excluding hydrogens is 735 g/mol. The minimum atomic E-state index is 0.534. The molecule has 0 fully saturated rings. The number of nitrogens with zero attached hydrogens (tertiary/aromatic N) is 7. The minimum absolute atomic E-state index is 0.534. The molecule has 11 rings (SSSR count). The molecule has 0 radical (unpaired) electrons. The molecular formula is C53H35N7. The van der Waals surface area contributed by atoms with E-state index in [2.05, 4.69) is 161 Å². The molecule has 11 aromatic rings. The quantitative estimate of drug-likeness (QED) is 0.154. The third-order valence-electron chi connectivity index (χ3n) is 10.9. The third kappa shape index (κ3) is 6.13. The number of imidazole rings is 2. The van der Waals surface area contributed by atoms with E-state index < -0.39 is 0 Å². The summed E-state index contributed by atoms with van der Waals surface area (Å²) < 4.78 is 4.43. The van der Waals surface area contributed by atoms with Crippen LogP contribution in [0.15, 0.2) is 212 Å². The van der Waals surface area contributed by atoms with Gasteiger partial charge >= 0.3 is 0 Å². The summed E-state index contributed by atoms with van der Waals surface area (Å²) in [5.74, 6) is 3.22. The molecule has 0 saturated heterocycles. The lowest BCUT2D eigenvalue weighted by Crippen LogP contribution is -2.05. The molecule has 3 heterocycles. The van der Waals surface area contributed by atoms with Crippen LogP contribution in [0, 0.1) is 0 Å². The maximum atomic E-state index is 5.39. The summed E-state index contributed by atoms with van der Waals surface area (Å²) in [4.78, 5) is 26.6. The van der Waals surface area contributed by atoms with E-state index in [0.29, 0.717) is 17.5 Å². The number of benzene rings is 8. The van der Waals surface area contributed by atoms with Crippen LogP contribution in [0.2, 0.25) is 0 Å². The Bertz CT molecular complexity index is 3140. The molecule has 0 atom stereocenters. The van der Waals surface area contributed by atoms with Crippen molar-refractivity contribution in [3.05, 3.63) is 212 Å². The van der Waals surface area contributed by atoms with Gasteiger partial charge in [0.25, 0.3) is 0 Å². The van der Waals surface area contributed by atoms with Gasteiger partial charge in [0.1, 0.15) is 11.6 Å². The van der Waals surface area contributed by atoms with Crippen molar-refractivity contribution < 1.29 is 0 Å². The van der Waals surface area contributed by atoms with Crippen LogP contribution >= 0.6 is 0 Å². The summed E-state index contributed by atoms with van der Waals surface area (Å²) in [5, 5.41) is 0. The van der Waals surface area contributed by atoms with Gasteiger partial charge in [-0.25, -0.2) is 24.9 Å². The molecule has 0 aliphatic heterocycles. The Morgan fingerprint density at radius 3 is 1.00 bits per heavy atom. The van der Waals surface area contributed by atoms with Crippen molar-refractivity contribution in [1.29, 1.82) is 0 Å². The second kappa shape index (κ2) is 14.9. The Morgan fingerprint density at radius 2 is 0.567 bits per heavy atom. The average Bonchev–Trinajstić information content (AvgIpc) is 3.92. The van der Waals surface area contributed by atoms with Crippen LogP contribution < -0.4 is 0 Å². The van der Waals surface area contributed by atoms with Gasteiger partial charge in [0.2, 0.25) is 0 Å². The van der Waals surface area contributed by atoms with E-state index in [9.17, 15) is 0 Å². The number of hydrogen-bond acceptors (Lipinski definition) is 5. The second-order valence-corrected chi connectivity index (χ2v) is 14.5. The molecule has 7 heteroatoms. The monoisotopic (exact) mass is 769 g/mol. The van der Waals surface area contributed by atoms with E-state index in [1.165, 1.54) is 0 Å². The van der Waals surface area contributed by atoms with Crippen LogP contribution in [-0.2, 0) is 0 Å². The molecule has 282 valence electrons. The number of para-hydroxylation sites is 6. The molecule has 0 unspecified atom stereocenters. The summed E-state index contributed by atoms with van der Waals surface area (Å²) in [5.41, 5.74) is 12.3. The molecule has 8 aromatic carbocycles. The Balaban J connectivity index is 1.18. The predicted octanol–water partition coefficient (Wildman–Crippen LogP) is 12.6. The van der Waals surface area contributed by atoms with E-state index in [1.54, 1.807) is 0 Å². The van der Waals surface area contributed by atoms with E-state index in [4.69, 9.17) is 24.9 Å². The second-order valence-electron chi connectivity index (χ2n) is 14.5. The van der Waals surface area contributed by atoms with Gasteiger partial charge in [-0.1, -0.05) is 164 Å². The molecule has 3 aromatic heterocycles. The highest BCUT2D eigenvalue weighted by Gasteiger charge is 2.24. The number of rotatable bonds is 8. The van der Waals surface area contributed by atoms with E-state index in [1.807, 2.05) is 60.7 Å². The molecule has 60 heavy (non-hydrogen) atoms. The molecule has 0 bridgehead atoms. The van der Waals surface area contributed by atoms with Gasteiger partial charge in [0.15, 0.2) is 17.5 Å². The first-order valence-corrected chi connectivity index (χ1v) is 19.9. The third-order valence-corrected chi connectivity index (χ3v) is 10.9. The SMILES string of the molecule is c1ccc(-c2ccccc2-c2nc(-c3ccccc3-c3nc4ccccc4n3-c3ccccc3)nc(-c3ccccc3-c3nc4ccccc4n3-c3ccccc3)n2)cc1. The standard InChI is InChI=1S/C53H35N7/c1-4-20-36(21-5-1)39-26-10-11-27-40(39)49-56-50(41-28-12-14-30-43(41)52-54-45-32-16-18-34-47(45)59(52)37-22-6-2-7-23-37)58-51(57-49)42-29-13-15-31-44(42)53-55-46-33-17-19-35-48(46)60(53)38-24-8-3-9-25-38/h1-35H. The van der Waals surface area contributed by atoms with Crippen molar-refractivity contribution in [3.8, 4) is 79.4 Å². The topological polar surface area (TPSA) is 74.3 Å². The van der Waals surface area contributed by atoms with Crippen molar-refractivity contribution >= 4 is 22.1 Å². The molecule has 0 aliphatic rings. The van der Waals surface area contributed by atoms with E-state index >= 15 is 0 Å². The maximum absolute atomic E-state index is 5.39. The number of fused-ring (bicyclic) bond motifs is 2. The Morgan fingerprint density at radius 1 is 0.250 bits per heavy atom. The van der Waals surface area contributed by atoms with Crippen molar-refractivity contribution in [1.82, 2.24) is 34.1 Å². The maximum Gasteiger partial charge on any atom is 0.164 e. The van der Waals surface area contributed by atoms with Crippen molar-refractivity contribution in [2.24, 2.45) is 0 Å². The zero-order valence-electron chi connectivity index (χ0n) is 32.3. The van der Waals surface area contributed by atoms with Gasteiger partial charge in [-0.05, 0) is 59.7 Å². The highest BCUT2D eigenvalue weighted by molar-refractivity contribution is 5.90. The van der Waals surface area contributed by atoms with Crippen LogP contribution in [-0.4, -0.2) is 34.1 Å². The first-order valence-electron chi connectivity index (χ1n) is 19.9. The van der Waals surface area contributed by atoms with Gasteiger partial charge in [0.05, 0.1) is 22.1 Å². The van der Waals surface area contributed by atoms with Gasteiger partial charge in [0, 0.05) is 39.2 Å². The van der Waals surface area contributed by atoms with Gasteiger partial charge in [-0.3, -0.25) is 9.13 Å².